The van der Waals surface area contributed by atoms with Crippen LogP contribution in [0.4, 0.5) is 4.39 Å². The Bertz CT molecular complexity index is 560. The minimum atomic E-state index is -0.443. The molecule has 0 saturated carbocycles. The molecule has 18 heavy (non-hydrogen) atoms. The molecule has 2 aromatic rings. The average molecular weight is 308 g/mol. The molecule has 2 N–H and O–H groups in total. The van der Waals surface area contributed by atoms with Crippen LogP contribution in [0.15, 0.2) is 40.9 Å². The number of benzene rings is 2. The van der Waals surface area contributed by atoms with Crippen molar-refractivity contribution in [3.63, 3.8) is 0 Å². The highest BCUT2D eigenvalue weighted by atomic mass is 79.9. The lowest BCUT2D eigenvalue weighted by molar-refractivity contribution is 0.599. The zero-order valence-corrected chi connectivity index (χ0v) is 12.0. The number of hydrogen-bond donors (Lipinski definition) is 1. The van der Waals surface area contributed by atoms with Gasteiger partial charge in [0.05, 0.1) is 6.04 Å². The second-order valence-electron chi connectivity index (χ2n) is 4.56. The van der Waals surface area contributed by atoms with Crippen molar-refractivity contribution < 1.29 is 4.39 Å². The standard InChI is InChI=1S/C15H15BrFN/c1-9-3-4-14(17)13(7-9)15(18)11-5-10(2)6-12(16)8-11/h3-8,15H,18H2,1-2H3. The molecule has 0 spiro atoms. The van der Waals surface area contributed by atoms with Crippen LogP contribution in [-0.2, 0) is 0 Å². The van der Waals surface area contributed by atoms with Crippen molar-refractivity contribution in [3.8, 4) is 0 Å². The van der Waals surface area contributed by atoms with Gasteiger partial charge in [-0.1, -0.05) is 39.7 Å². The van der Waals surface area contributed by atoms with Crippen molar-refractivity contribution in [2.75, 3.05) is 0 Å². The normalized spacial score (nSPS) is 12.5. The fourth-order valence-corrected chi connectivity index (χ4v) is 2.65. The molecule has 0 aliphatic carbocycles. The summed E-state index contributed by atoms with van der Waals surface area (Å²) >= 11 is 3.44. The molecule has 0 radical (unpaired) electrons. The summed E-state index contributed by atoms with van der Waals surface area (Å²) in [5.41, 5.74) is 9.71. The smallest absolute Gasteiger partial charge is 0.128 e. The summed E-state index contributed by atoms with van der Waals surface area (Å²) in [6.45, 7) is 3.93. The summed E-state index contributed by atoms with van der Waals surface area (Å²) in [5, 5.41) is 0. The van der Waals surface area contributed by atoms with Crippen LogP contribution in [0.5, 0.6) is 0 Å². The first-order valence-electron chi connectivity index (χ1n) is 5.76. The molecule has 2 aromatic carbocycles. The van der Waals surface area contributed by atoms with Crippen molar-refractivity contribution in [2.24, 2.45) is 5.73 Å². The summed E-state index contributed by atoms with van der Waals surface area (Å²) in [7, 11) is 0. The van der Waals surface area contributed by atoms with Gasteiger partial charge in [-0.25, -0.2) is 4.39 Å². The maximum atomic E-state index is 13.8. The van der Waals surface area contributed by atoms with Crippen molar-refractivity contribution in [1.29, 1.82) is 0 Å². The Morgan fingerprint density at radius 2 is 1.78 bits per heavy atom. The van der Waals surface area contributed by atoms with Gasteiger partial charge in [0.1, 0.15) is 5.82 Å². The first-order valence-corrected chi connectivity index (χ1v) is 6.55. The molecule has 0 aliphatic rings. The van der Waals surface area contributed by atoms with E-state index >= 15 is 0 Å². The van der Waals surface area contributed by atoms with Gasteiger partial charge in [0.25, 0.3) is 0 Å². The van der Waals surface area contributed by atoms with E-state index < -0.39 is 6.04 Å². The van der Waals surface area contributed by atoms with E-state index in [1.54, 1.807) is 12.1 Å². The number of hydrogen-bond acceptors (Lipinski definition) is 1. The van der Waals surface area contributed by atoms with Crippen molar-refractivity contribution >= 4 is 15.9 Å². The molecule has 0 fully saturated rings. The summed E-state index contributed by atoms with van der Waals surface area (Å²) < 4.78 is 14.8. The molecule has 0 amide bonds. The molecule has 1 nitrogen and oxygen atoms in total. The van der Waals surface area contributed by atoms with Gasteiger partial charge < -0.3 is 5.73 Å². The largest absolute Gasteiger partial charge is 0.320 e. The molecule has 1 atom stereocenters. The molecule has 2 rings (SSSR count). The summed E-state index contributed by atoms with van der Waals surface area (Å²) in [6.07, 6.45) is 0. The lowest BCUT2D eigenvalue weighted by Gasteiger charge is -2.15. The highest BCUT2D eigenvalue weighted by Gasteiger charge is 2.14. The first kappa shape index (κ1) is 13.2. The lowest BCUT2D eigenvalue weighted by atomic mass is 9.96. The third-order valence-electron chi connectivity index (χ3n) is 2.91. The summed E-state index contributed by atoms with van der Waals surface area (Å²) in [6, 6.07) is 10.5. The molecule has 0 aliphatic heterocycles. The van der Waals surface area contributed by atoms with Gasteiger partial charge in [-0.05, 0) is 43.2 Å². The van der Waals surface area contributed by atoms with Crippen molar-refractivity contribution in [2.45, 2.75) is 19.9 Å². The van der Waals surface area contributed by atoms with Gasteiger partial charge in [-0.2, -0.15) is 0 Å². The lowest BCUT2D eigenvalue weighted by Crippen LogP contribution is -2.14. The van der Waals surface area contributed by atoms with E-state index in [1.807, 2.05) is 32.0 Å². The molecule has 3 heteroatoms. The first-order chi connectivity index (χ1) is 8.47. The zero-order valence-electron chi connectivity index (χ0n) is 10.4. The molecule has 1 unspecified atom stereocenters. The Balaban J connectivity index is 2.47. The van der Waals surface area contributed by atoms with Crippen molar-refractivity contribution in [1.82, 2.24) is 0 Å². The predicted octanol–water partition coefficient (Wildman–Crippen LogP) is 4.25. The SMILES string of the molecule is Cc1cc(Br)cc(C(N)c2cc(C)ccc2F)c1. The topological polar surface area (TPSA) is 26.0 Å². The zero-order chi connectivity index (χ0) is 13.3. The molecular formula is C15H15BrFN. The third-order valence-corrected chi connectivity index (χ3v) is 3.37. The van der Waals surface area contributed by atoms with Gasteiger partial charge >= 0.3 is 0 Å². The predicted molar refractivity (Wildman–Crippen MR) is 76.0 cm³/mol. The Morgan fingerprint density at radius 1 is 1.06 bits per heavy atom. The summed E-state index contributed by atoms with van der Waals surface area (Å²) in [5.74, 6) is -0.259. The Labute approximate surface area is 115 Å². The highest BCUT2D eigenvalue weighted by Crippen LogP contribution is 2.26. The number of halogens is 2. The molecular weight excluding hydrogens is 293 g/mol. The number of aryl methyl sites for hydroxylation is 2. The van der Waals surface area contributed by atoms with Crippen LogP contribution in [0.1, 0.15) is 28.3 Å². The molecule has 0 bridgehead atoms. The van der Waals surface area contributed by atoms with Gasteiger partial charge in [-0.15, -0.1) is 0 Å². The third kappa shape index (κ3) is 2.79. The highest BCUT2D eigenvalue weighted by molar-refractivity contribution is 9.10. The second kappa shape index (κ2) is 5.21. The van der Waals surface area contributed by atoms with E-state index in [1.165, 1.54) is 6.07 Å². The molecule has 94 valence electrons. The minimum Gasteiger partial charge on any atom is -0.320 e. The van der Waals surface area contributed by atoms with E-state index in [-0.39, 0.29) is 5.82 Å². The van der Waals surface area contributed by atoms with E-state index in [9.17, 15) is 4.39 Å². The van der Waals surface area contributed by atoms with E-state index in [0.29, 0.717) is 5.56 Å². The fraction of sp³-hybridized carbons (Fsp3) is 0.200. The van der Waals surface area contributed by atoms with Crippen molar-refractivity contribution in [3.05, 3.63) is 68.9 Å². The van der Waals surface area contributed by atoms with E-state index in [0.717, 1.165) is 21.2 Å². The average Bonchev–Trinajstić information content (AvgIpc) is 2.30. The van der Waals surface area contributed by atoms with Gasteiger partial charge in [0, 0.05) is 10.0 Å². The number of rotatable bonds is 2. The fourth-order valence-electron chi connectivity index (χ4n) is 2.03. The minimum absolute atomic E-state index is 0.259. The van der Waals surface area contributed by atoms with Crippen LogP contribution >= 0.6 is 15.9 Å². The van der Waals surface area contributed by atoms with Gasteiger partial charge in [0.15, 0.2) is 0 Å². The van der Waals surface area contributed by atoms with Crippen LogP contribution < -0.4 is 5.73 Å². The van der Waals surface area contributed by atoms with Crippen LogP contribution in [-0.4, -0.2) is 0 Å². The Morgan fingerprint density at radius 3 is 2.44 bits per heavy atom. The maximum Gasteiger partial charge on any atom is 0.128 e. The quantitative estimate of drug-likeness (QED) is 0.881. The van der Waals surface area contributed by atoms with Gasteiger partial charge in [0.2, 0.25) is 0 Å². The number of nitrogens with two attached hydrogens (primary N) is 1. The Hall–Kier alpha value is -1.19. The van der Waals surface area contributed by atoms with Crippen LogP contribution in [0.25, 0.3) is 0 Å². The summed E-state index contributed by atoms with van der Waals surface area (Å²) in [4.78, 5) is 0. The van der Waals surface area contributed by atoms with E-state index in [2.05, 4.69) is 15.9 Å². The Kier molecular flexibility index (Phi) is 3.83. The van der Waals surface area contributed by atoms with Crippen LogP contribution in [0.3, 0.4) is 0 Å². The molecule has 0 saturated heterocycles. The monoisotopic (exact) mass is 307 g/mol. The maximum absolute atomic E-state index is 13.8. The van der Waals surface area contributed by atoms with Gasteiger partial charge in [-0.3, -0.25) is 0 Å². The van der Waals surface area contributed by atoms with Crippen LogP contribution in [0.2, 0.25) is 0 Å². The van der Waals surface area contributed by atoms with E-state index in [4.69, 9.17) is 5.73 Å². The molecule has 0 heterocycles. The molecule has 0 aromatic heterocycles. The second-order valence-corrected chi connectivity index (χ2v) is 5.48. The van der Waals surface area contributed by atoms with Crippen LogP contribution in [0, 0.1) is 19.7 Å².